The quantitative estimate of drug-likeness (QED) is 0.260. The molecule has 0 spiro atoms. The molecule has 41 heavy (non-hydrogen) atoms. The molecule has 0 heterocycles. The van der Waals surface area contributed by atoms with Gasteiger partial charge in [0.1, 0.15) is 24.0 Å². The molecule has 1 atom stereocenters. The van der Waals surface area contributed by atoms with E-state index >= 15 is 0 Å². The average Bonchev–Trinajstić information content (AvgIpc) is 2.87. The Bertz CT molecular complexity index is 1130. The zero-order chi connectivity index (χ0) is 30.8. The molecule has 0 aliphatic heterocycles. The number of allylic oxidation sites excluding steroid dienone is 1. The van der Waals surface area contributed by atoms with Crippen molar-refractivity contribution >= 4 is 17.7 Å². The van der Waals surface area contributed by atoms with Crippen LogP contribution in [-0.2, 0) is 16.1 Å². The molecule has 226 valence electrons. The number of amides is 2. The van der Waals surface area contributed by atoms with Gasteiger partial charge in [-0.05, 0) is 90.6 Å². The second kappa shape index (κ2) is 14.9. The number of nitrogens with one attached hydrogen (secondary N) is 1. The van der Waals surface area contributed by atoms with Gasteiger partial charge in [-0.15, -0.1) is 0 Å². The van der Waals surface area contributed by atoms with Crippen LogP contribution in [0.15, 0.2) is 66.2 Å². The van der Waals surface area contributed by atoms with Gasteiger partial charge in [0.05, 0.1) is 5.54 Å². The highest BCUT2D eigenvalue weighted by molar-refractivity contribution is 5.86. The molecule has 1 N–H and O–H groups in total. The minimum atomic E-state index is -0.642. The van der Waals surface area contributed by atoms with E-state index in [4.69, 9.17) is 9.47 Å². The van der Waals surface area contributed by atoms with E-state index in [0.717, 1.165) is 17.0 Å². The first-order chi connectivity index (χ1) is 19.1. The molecule has 2 aromatic carbocycles. The smallest absolute Gasteiger partial charge is 0.410 e. The van der Waals surface area contributed by atoms with Crippen molar-refractivity contribution in [1.82, 2.24) is 10.2 Å². The van der Waals surface area contributed by atoms with Gasteiger partial charge < -0.3 is 19.7 Å². The van der Waals surface area contributed by atoms with Crippen LogP contribution in [0.4, 0.5) is 10.5 Å². The van der Waals surface area contributed by atoms with Gasteiger partial charge >= 0.3 is 6.09 Å². The van der Waals surface area contributed by atoms with E-state index in [2.05, 4.69) is 42.3 Å². The number of nitrogens with zero attached hydrogens (tertiary/aromatic N) is 2. The molecule has 2 aromatic rings. The maximum absolute atomic E-state index is 13.6. The molecule has 0 aromatic heterocycles. The molecule has 0 saturated carbocycles. The summed E-state index contributed by atoms with van der Waals surface area (Å²) in [6.07, 6.45) is 2.20. The van der Waals surface area contributed by atoms with Gasteiger partial charge in [0.25, 0.3) is 0 Å². The predicted octanol–water partition coefficient (Wildman–Crippen LogP) is 7.21. The molecule has 0 aliphatic rings. The number of anilines is 1. The molecular weight excluding hydrogens is 514 g/mol. The van der Waals surface area contributed by atoms with Crippen LogP contribution < -0.4 is 15.0 Å². The number of likely N-dealkylation sites (N-methyl/N-ethyl adjacent to an activating group) is 1. The van der Waals surface area contributed by atoms with Crippen molar-refractivity contribution < 1.29 is 19.1 Å². The Morgan fingerprint density at radius 3 is 2.10 bits per heavy atom. The zero-order valence-electron chi connectivity index (χ0n) is 26.8. The molecule has 2 amide bonds. The van der Waals surface area contributed by atoms with Crippen LogP contribution in [0.2, 0.25) is 0 Å². The lowest BCUT2D eigenvalue weighted by Crippen LogP contribution is -2.58. The van der Waals surface area contributed by atoms with Gasteiger partial charge in [-0.25, -0.2) is 4.79 Å². The number of ether oxygens (including phenoxy) is 2. The number of benzene rings is 2. The summed E-state index contributed by atoms with van der Waals surface area (Å²) in [4.78, 5) is 30.1. The SMILES string of the molecule is CC(C)=CCN(CC(C)(C)NC(=O)[C@H](CC(C)C)N(C)C(=O)OC(C)(C)C)c1ccc(OCc2ccccc2)cc1. The van der Waals surface area contributed by atoms with Crippen molar-refractivity contribution in [3.63, 3.8) is 0 Å². The van der Waals surface area contributed by atoms with Crippen LogP contribution in [0.3, 0.4) is 0 Å². The van der Waals surface area contributed by atoms with Crippen molar-refractivity contribution in [3.05, 3.63) is 71.8 Å². The molecule has 0 fully saturated rings. The molecule has 0 aliphatic carbocycles. The number of hydrogen-bond donors (Lipinski definition) is 1. The molecule has 0 unspecified atom stereocenters. The Morgan fingerprint density at radius 1 is 0.951 bits per heavy atom. The van der Waals surface area contributed by atoms with Gasteiger partial charge in [-0.1, -0.05) is 55.8 Å². The van der Waals surface area contributed by atoms with Gasteiger partial charge in [0, 0.05) is 25.8 Å². The minimum absolute atomic E-state index is 0.191. The first-order valence-corrected chi connectivity index (χ1v) is 14.5. The summed E-state index contributed by atoms with van der Waals surface area (Å²) in [5.74, 6) is 0.827. The van der Waals surface area contributed by atoms with E-state index in [1.165, 1.54) is 10.5 Å². The average molecular weight is 566 g/mol. The topological polar surface area (TPSA) is 71.1 Å². The first-order valence-electron chi connectivity index (χ1n) is 14.5. The summed E-state index contributed by atoms with van der Waals surface area (Å²) in [6.45, 7) is 19.5. The second-order valence-electron chi connectivity index (χ2n) is 13.0. The molecule has 0 radical (unpaired) electrons. The number of carbonyl (C=O) groups excluding carboxylic acids is 2. The van der Waals surface area contributed by atoms with Gasteiger partial charge in [0.2, 0.25) is 5.91 Å². The first kappa shape index (κ1) is 33.7. The fourth-order valence-electron chi connectivity index (χ4n) is 4.33. The van der Waals surface area contributed by atoms with Crippen molar-refractivity contribution in [2.45, 2.75) is 92.5 Å². The standard InChI is InChI=1S/C34H51N3O4/c1-25(2)20-21-37(28-16-18-29(19-17-28)40-23-27-14-12-11-13-15-27)24-34(8,9)35-31(38)30(22-26(3)4)36(10)32(39)41-33(5,6)7/h11-20,26,30H,21-24H2,1-10H3,(H,35,38)/t30-/m0/s1. The minimum Gasteiger partial charge on any atom is -0.489 e. The van der Waals surface area contributed by atoms with Crippen molar-refractivity contribution in [1.29, 1.82) is 0 Å². The lowest BCUT2D eigenvalue weighted by atomic mass is 9.99. The summed E-state index contributed by atoms with van der Waals surface area (Å²) in [6, 6.07) is 17.5. The molecule has 7 nitrogen and oxygen atoms in total. The summed E-state index contributed by atoms with van der Waals surface area (Å²) in [7, 11) is 1.64. The Balaban J connectivity index is 2.18. The third kappa shape index (κ3) is 12.3. The van der Waals surface area contributed by atoms with Gasteiger partial charge in [0.15, 0.2) is 0 Å². The van der Waals surface area contributed by atoms with Gasteiger partial charge in [-0.3, -0.25) is 9.69 Å². The summed E-state index contributed by atoms with van der Waals surface area (Å²) >= 11 is 0. The molecule has 0 bridgehead atoms. The number of hydrogen-bond acceptors (Lipinski definition) is 5. The van der Waals surface area contributed by atoms with E-state index in [1.807, 2.05) is 90.9 Å². The van der Waals surface area contributed by atoms with E-state index in [0.29, 0.717) is 26.1 Å². The van der Waals surface area contributed by atoms with Gasteiger partial charge in [-0.2, -0.15) is 0 Å². The van der Waals surface area contributed by atoms with Crippen molar-refractivity contribution in [2.24, 2.45) is 5.92 Å². The molecular formula is C34H51N3O4. The van der Waals surface area contributed by atoms with Crippen LogP contribution in [0.1, 0.15) is 74.3 Å². The third-order valence-electron chi connectivity index (χ3n) is 6.36. The largest absolute Gasteiger partial charge is 0.489 e. The lowest BCUT2D eigenvalue weighted by Gasteiger charge is -2.37. The van der Waals surface area contributed by atoms with Crippen LogP contribution in [0.25, 0.3) is 0 Å². The summed E-state index contributed by atoms with van der Waals surface area (Å²) < 4.78 is 11.5. The number of rotatable bonds is 13. The Morgan fingerprint density at radius 2 is 1.56 bits per heavy atom. The summed E-state index contributed by atoms with van der Waals surface area (Å²) in [5, 5.41) is 3.22. The van der Waals surface area contributed by atoms with E-state index in [1.54, 1.807) is 7.05 Å². The van der Waals surface area contributed by atoms with Crippen LogP contribution in [0.5, 0.6) is 5.75 Å². The Kier molecular flexibility index (Phi) is 12.3. The molecule has 2 rings (SSSR count). The fourth-order valence-corrected chi connectivity index (χ4v) is 4.33. The molecule has 0 saturated heterocycles. The van der Waals surface area contributed by atoms with Crippen molar-refractivity contribution in [2.75, 3.05) is 25.0 Å². The third-order valence-corrected chi connectivity index (χ3v) is 6.36. The number of carbonyl (C=O) groups is 2. The van der Waals surface area contributed by atoms with E-state index in [9.17, 15) is 9.59 Å². The van der Waals surface area contributed by atoms with E-state index in [-0.39, 0.29) is 11.8 Å². The summed E-state index contributed by atoms with van der Waals surface area (Å²) in [5.41, 5.74) is 2.14. The van der Waals surface area contributed by atoms with Crippen LogP contribution >= 0.6 is 0 Å². The maximum Gasteiger partial charge on any atom is 0.410 e. The fraction of sp³-hybridized carbons (Fsp3) is 0.529. The lowest BCUT2D eigenvalue weighted by molar-refractivity contribution is -0.128. The monoisotopic (exact) mass is 565 g/mol. The zero-order valence-corrected chi connectivity index (χ0v) is 26.8. The van der Waals surface area contributed by atoms with Crippen molar-refractivity contribution in [3.8, 4) is 5.75 Å². The normalized spacial score (nSPS) is 12.4. The second-order valence-corrected chi connectivity index (χ2v) is 13.0. The highest BCUT2D eigenvalue weighted by atomic mass is 16.6. The highest BCUT2D eigenvalue weighted by Gasteiger charge is 2.34. The highest BCUT2D eigenvalue weighted by Crippen LogP contribution is 2.23. The Labute approximate surface area is 247 Å². The van der Waals surface area contributed by atoms with Crippen LogP contribution in [0, 0.1) is 5.92 Å². The maximum atomic E-state index is 13.6. The predicted molar refractivity (Wildman–Crippen MR) is 168 cm³/mol. The molecule has 7 heteroatoms. The van der Waals surface area contributed by atoms with E-state index < -0.39 is 23.3 Å². The Hall–Kier alpha value is -3.48. The van der Waals surface area contributed by atoms with Crippen LogP contribution in [-0.4, -0.2) is 54.2 Å².